The fourth-order valence-electron chi connectivity index (χ4n) is 4.14. The quantitative estimate of drug-likeness (QED) is 0.447. The number of carbonyl (C=O) groups is 2. The first-order valence-electron chi connectivity index (χ1n) is 12.6. The van der Waals surface area contributed by atoms with Crippen molar-refractivity contribution in [3.8, 4) is 11.8 Å². The number of hydrogen-bond donors (Lipinski definition) is 2. The van der Waals surface area contributed by atoms with Gasteiger partial charge >= 0.3 is 12.1 Å². The van der Waals surface area contributed by atoms with Gasteiger partial charge in [0.1, 0.15) is 11.4 Å². The van der Waals surface area contributed by atoms with E-state index in [0.717, 1.165) is 23.4 Å². The van der Waals surface area contributed by atoms with Crippen LogP contribution in [0, 0.1) is 11.3 Å². The van der Waals surface area contributed by atoms with E-state index in [9.17, 15) is 9.59 Å². The molecule has 2 N–H and O–H groups in total. The van der Waals surface area contributed by atoms with E-state index in [1.807, 2.05) is 45.0 Å². The van der Waals surface area contributed by atoms with Gasteiger partial charge in [0.2, 0.25) is 0 Å². The van der Waals surface area contributed by atoms with E-state index >= 15 is 0 Å². The van der Waals surface area contributed by atoms with E-state index in [2.05, 4.69) is 37.5 Å². The number of fused-ring (bicyclic) bond motifs is 1. The standard InChI is InChI=1S/C29H34N6O3/c1-28(2,3)24-16-25(32-26(36)31-22-9-7-8-19(14-22)17-30)35(33-24)23-11-10-20-12-13-34(18-21(20)15-23)27(37)38-29(4,5)6/h7-11,14-16H,12-13,18H2,1-6H3,(H2,31,32,36). The maximum absolute atomic E-state index is 12.9. The molecule has 0 saturated carbocycles. The average molecular weight is 515 g/mol. The van der Waals surface area contributed by atoms with Gasteiger partial charge in [-0.15, -0.1) is 0 Å². The second kappa shape index (κ2) is 10.2. The van der Waals surface area contributed by atoms with Crippen LogP contribution in [-0.2, 0) is 23.1 Å². The monoisotopic (exact) mass is 514 g/mol. The Kier molecular flexibility index (Phi) is 7.18. The van der Waals surface area contributed by atoms with Gasteiger partial charge in [-0.3, -0.25) is 5.32 Å². The number of ether oxygens (including phenoxy) is 1. The summed E-state index contributed by atoms with van der Waals surface area (Å²) in [5.41, 5.74) is 3.92. The van der Waals surface area contributed by atoms with Crippen molar-refractivity contribution in [1.29, 1.82) is 5.26 Å². The molecule has 0 radical (unpaired) electrons. The zero-order valence-corrected chi connectivity index (χ0v) is 22.8. The Morgan fingerprint density at radius 2 is 1.76 bits per heavy atom. The van der Waals surface area contributed by atoms with Crippen molar-refractivity contribution in [1.82, 2.24) is 14.7 Å². The second-order valence-corrected chi connectivity index (χ2v) is 11.5. The van der Waals surface area contributed by atoms with Gasteiger partial charge < -0.3 is 15.0 Å². The Morgan fingerprint density at radius 1 is 1.00 bits per heavy atom. The largest absolute Gasteiger partial charge is 0.444 e. The number of hydrogen-bond acceptors (Lipinski definition) is 5. The minimum absolute atomic E-state index is 0.249. The molecular weight excluding hydrogens is 480 g/mol. The van der Waals surface area contributed by atoms with E-state index in [0.29, 0.717) is 30.2 Å². The van der Waals surface area contributed by atoms with E-state index < -0.39 is 11.6 Å². The molecule has 1 aliphatic heterocycles. The van der Waals surface area contributed by atoms with Crippen molar-refractivity contribution >= 4 is 23.6 Å². The molecule has 3 aromatic rings. The third-order valence-corrected chi connectivity index (χ3v) is 6.07. The molecule has 4 rings (SSSR count). The summed E-state index contributed by atoms with van der Waals surface area (Å²) in [5, 5.41) is 19.6. The summed E-state index contributed by atoms with van der Waals surface area (Å²) >= 11 is 0. The molecule has 38 heavy (non-hydrogen) atoms. The topological polar surface area (TPSA) is 112 Å². The summed E-state index contributed by atoms with van der Waals surface area (Å²) in [5.74, 6) is 0.503. The molecule has 1 aromatic heterocycles. The van der Waals surface area contributed by atoms with Crippen LogP contribution in [0.3, 0.4) is 0 Å². The van der Waals surface area contributed by atoms with Crippen LogP contribution >= 0.6 is 0 Å². The molecule has 198 valence electrons. The molecule has 0 unspecified atom stereocenters. The van der Waals surface area contributed by atoms with Gasteiger partial charge in [0.15, 0.2) is 0 Å². The molecule has 0 spiro atoms. The highest BCUT2D eigenvalue weighted by Gasteiger charge is 2.27. The molecule has 2 aromatic carbocycles. The SMILES string of the molecule is CC(C)(C)OC(=O)N1CCc2ccc(-n3nc(C(C)(C)C)cc3NC(=O)Nc3cccc(C#N)c3)cc2C1. The molecule has 1 aliphatic rings. The number of anilines is 2. The fraction of sp³-hybridized carbons (Fsp3) is 0.379. The first-order valence-corrected chi connectivity index (χ1v) is 12.6. The van der Waals surface area contributed by atoms with Gasteiger partial charge in [0.05, 0.1) is 23.0 Å². The zero-order valence-electron chi connectivity index (χ0n) is 22.8. The predicted octanol–water partition coefficient (Wildman–Crippen LogP) is 5.98. The number of nitrogens with zero attached hydrogens (tertiary/aromatic N) is 4. The van der Waals surface area contributed by atoms with Crippen LogP contribution in [-0.4, -0.2) is 39.0 Å². The Labute approximate surface area is 223 Å². The summed E-state index contributed by atoms with van der Waals surface area (Å²) < 4.78 is 7.28. The molecule has 9 heteroatoms. The van der Waals surface area contributed by atoms with Gasteiger partial charge in [-0.1, -0.05) is 32.9 Å². The third kappa shape index (κ3) is 6.32. The van der Waals surface area contributed by atoms with Gasteiger partial charge in [0, 0.05) is 30.3 Å². The maximum Gasteiger partial charge on any atom is 0.410 e. The highest BCUT2D eigenvalue weighted by molar-refractivity contribution is 5.99. The van der Waals surface area contributed by atoms with Gasteiger partial charge in [-0.05, 0) is 68.7 Å². The summed E-state index contributed by atoms with van der Waals surface area (Å²) in [7, 11) is 0. The van der Waals surface area contributed by atoms with Crippen LogP contribution in [0.1, 0.15) is 63.9 Å². The highest BCUT2D eigenvalue weighted by atomic mass is 16.6. The van der Waals surface area contributed by atoms with Crippen LogP contribution in [0.15, 0.2) is 48.5 Å². The molecule has 2 heterocycles. The molecule has 0 saturated heterocycles. The average Bonchev–Trinajstić information content (AvgIpc) is 3.26. The van der Waals surface area contributed by atoms with Crippen molar-refractivity contribution in [2.45, 2.75) is 65.5 Å². The number of nitriles is 1. The lowest BCUT2D eigenvalue weighted by Crippen LogP contribution is -2.39. The Morgan fingerprint density at radius 3 is 2.45 bits per heavy atom. The number of urea groups is 1. The minimum Gasteiger partial charge on any atom is -0.444 e. The Bertz CT molecular complexity index is 1400. The Hall–Kier alpha value is -4.32. The molecule has 3 amide bonds. The first-order chi connectivity index (χ1) is 17.8. The van der Waals surface area contributed by atoms with Crippen molar-refractivity contribution in [2.24, 2.45) is 0 Å². The normalized spacial score (nSPS) is 13.3. The van der Waals surface area contributed by atoms with Crippen molar-refractivity contribution < 1.29 is 14.3 Å². The zero-order chi connectivity index (χ0) is 27.7. The number of aromatic nitrogens is 2. The molecular formula is C29H34N6O3. The minimum atomic E-state index is -0.561. The summed E-state index contributed by atoms with van der Waals surface area (Å²) in [6.45, 7) is 12.8. The molecule has 0 bridgehead atoms. The molecule has 0 fully saturated rings. The smallest absolute Gasteiger partial charge is 0.410 e. The van der Waals surface area contributed by atoms with Gasteiger partial charge in [0.25, 0.3) is 0 Å². The van der Waals surface area contributed by atoms with Crippen LogP contribution in [0.5, 0.6) is 0 Å². The van der Waals surface area contributed by atoms with Crippen LogP contribution in [0.4, 0.5) is 21.1 Å². The van der Waals surface area contributed by atoms with Gasteiger partial charge in [-0.2, -0.15) is 10.4 Å². The Balaban J connectivity index is 1.61. The lowest BCUT2D eigenvalue weighted by molar-refractivity contribution is 0.0224. The number of rotatable bonds is 3. The van der Waals surface area contributed by atoms with Crippen LogP contribution in [0.25, 0.3) is 5.69 Å². The fourth-order valence-corrected chi connectivity index (χ4v) is 4.14. The molecule has 9 nitrogen and oxygen atoms in total. The second-order valence-electron chi connectivity index (χ2n) is 11.5. The lowest BCUT2D eigenvalue weighted by atomic mass is 9.92. The van der Waals surface area contributed by atoms with E-state index in [1.165, 1.54) is 5.56 Å². The van der Waals surface area contributed by atoms with E-state index in [-0.39, 0.29) is 11.5 Å². The first kappa shape index (κ1) is 26.7. The molecule has 0 atom stereocenters. The summed E-state index contributed by atoms with van der Waals surface area (Å²) in [6, 6.07) is 16.2. The number of nitrogens with one attached hydrogen (secondary N) is 2. The third-order valence-electron chi connectivity index (χ3n) is 6.07. The number of amides is 3. The number of benzene rings is 2. The van der Waals surface area contributed by atoms with Crippen LogP contribution in [0.2, 0.25) is 0 Å². The van der Waals surface area contributed by atoms with Crippen molar-refractivity contribution in [3.63, 3.8) is 0 Å². The summed E-state index contributed by atoms with van der Waals surface area (Å²) in [6.07, 6.45) is 0.401. The molecule has 0 aliphatic carbocycles. The summed E-state index contributed by atoms with van der Waals surface area (Å²) in [4.78, 5) is 27.3. The maximum atomic E-state index is 12.9. The number of carbonyl (C=O) groups excluding carboxylic acids is 2. The predicted molar refractivity (Wildman–Crippen MR) is 146 cm³/mol. The lowest BCUT2D eigenvalue weighted by Gasteiger charge is -2.31. The van der Waals surface area contributed by atoms with E-state index in [4.69, 9.17) is 15.1 Å². The van der Waals surface area contributed by atoms with Gasteiger partial charge in [-0.25, -0.2) is 14.3 Å². The van der Waals surface area contributed by atoms with Crippen LogP contribution < -0.4 is 10.6 Å². The van der Waals surface area contributed by atoms with Crippen molar-refractivity contribution in [3.05, 3.63) is 70.9 Å². The highest BCUT2D eigenvalue weighted by Crippen LogP contribution is 2.29. The van der Waals surface area contributed by atoms with E-state index in [1.54, 1.807) is 33.8 Å². The van der Waals surface area contributed by atoms with Crippen molar-refractivity contribution in [2.75, 3.05) is 17.2 Å².